The smallest absolute Gasteiger partial charge is 0.326 e. The summed E-state index contributed by atoms with van der Waals surface area (Å²) in [7, 11) is 2.08. The van der Waals surface area contributed by atoms with Crippen LogP contribution in [0.5, 0.6) is 0 Å². The summed E-state index contributed by atoms with van der Waals surface area (Å²) in [6, 6.07) is -1.55. The van der Waals surface area contributed by atoms with Crippen molar-refractivity contribution >= 4 is 12.0 Å². The first-order valence-electron chi connectivity index (χ1n) is 6.93. The van der Waals surface area contributed by atoms with Crippen LogP contribution in [-0.4, -0.2) is 66.4 Å². The van der Waals surface area contributed by atoms with Gasteiger partial charge in [0, 0.05) is 19.6 Å². The summed E-state index contributed by atoms with van der Waals surface area (Å²) in [6.07, 6.45) is 2.01. The number of likely N-dealkylation sites (tertiary alicyclic amines) is 1. The molecule has 0 aromatic heterocycles. The third-order valence-corrected chi connectivity index (χ3v) is 3.89. The van der Waals surface area contributed by atoms with Crippen molar-refractivity contribution in [2.24, 2.45) is 5.41 Å². The summed E-state index contributed by atoms with van der Waals surface area (Å²) < 4.78 is 0. The maximum atomic E-state index is 11.7. The number of carboxylic acids is 1. The lowest BCUT2D eigenvalue weighted by atomic mass is 9.80. The molecule has 0 aromatic rings. The number of hydrogen-bond acceptors (Lipinski definition) is 4. The van der Waals surface area contributed by atoms with Gasteiger partial charge >= 0.3 is 12.0 Å². The summed E-state index contributed by atoms with van der Waals surface area (Å²) >= 11 is 0. The molecule has 1 heterocycles. The number of piperidine rings is 1. The molecule has 4 N–H and O–H groups in total. The number of carbonyl (C=O) groups is 2. The van der Waals surface area contributed by atoms with Crippen LogP contribution in [0.2, 0.25) is 0 Å². The molecule has 7 heteroatoms. The van der Waals surface area contributed by atoms with Crippen molar-refractivity contribution in [3.05, 3.63) is 0 Å². The number of hydrogen-bond donors (Lipinski definition) is 4. The molecule has 7 nitrogen and oxygen atoms in total. The number of aliphatic carboxylic acids is 1. The van der Waals surface area contributed by atoms with Crippen molar-refractivity contribution in [2.45, 2.75) is 32.2 Å². The topological polar surface area (TPSA) is 102 Å². The number of aliphatic hydroxyl groups is 1. The predicted octanol–water partition coefficient (Wildman–Crippen LogP) is -0.147. The van der Waals surface area contributed by atoms with Gasteiger partial charge in [0.05, 0.1) is 0 Å². The molecule has 1 rings (SSSR count). The van der Waals surface area contributed by atoms with E-state index >= 15 is 0 Å². The van der Waals surface area contributed by atoms with Gasteiger partial charge in [0.15, 0.2) is 0 Å². The fourth-order valence-electron chi connectivity index (χ4n) is 2.22. The summed E-state index contributed by atoms with van der Waals surface area (Å²) in [5.74, 6) is -1.14. The van der Waals surface area contributed by atoms with Gasteiger partial charge in [-0.3, -0.25) is 0 Å². The van der Waals surface area contributed by atoms with Crippen LogP contribution in [0.1, 0.15) is 26.2 Å². The standard InChI is InChI=1S/C13H25N3O4/c1-13(4-6-16(2)7-5-13)9-14-12(20)15-10(3-8-17)11(18)19/h10,17H,3-9H2,1-2H3,(H,18,19)(H2,14,15,20). The van der Waals surface area contributed by atoms with E-state index in [9.17, 15) is 9.59 Å². The molecule has 20 heavy (non-hydrogen) atoms. The zero-order valence-corrected chi connectivity index (χ0v) is 12.2. The molecule has 1 aliphatic heterocycles. The minimum atomic E-state index is -1.14. The van der Waals surface area contributed by atoms with Crippen LogP contribution in [0, 0.1) is 5.41 Å². The molecule has 1 saturated heterocycles. The normalized spacial score (nSPS) is 20.1. The zero-order chi connectivity index (χ0) is 15.2. The monoisotopic (exact) mass is 287 g/mol. The Bertz CT molecular complexity index is 341. The highest BCUT2D eigenvalue weighted by Crippen LogP contribution is 2.29. The van der Waals surface area contributed by atoms with Gasteiger partial charge in [-0.1, -0.05) is 6.92 Å². The predicted molar refractivity (Wildman–Crippen MR) is 74.5 cm³/mol. The highest BCUT2D eigenvalue weighted by molar-refractivity contribution is 5.82. The average Bonchev–Trinajstić information content (AvgIpc) is 2.40. The van der Waals surface area contributed by atoms with Crippen LogP contribution in [-0.2, 0) is 4.79 Å². The first-order chi connectivity index (χ1) is 9.36. The number of aliphatic hydroxyl groups excluding tert-OH is 1. The Morgan fingerprint density at radius 1 is 1.35 bits per heavy atom. The van der Waals surface area contributed by atoms with Crippen molar-refractivity contribution in [2.75, 3.05) is 33.3 Å². The molecule has 0 saturated carbocycles. The fraction of sp³-hybridized carbons (Fsp3) is 0.846. The van der Waals surface area contributed by atoms with Crippen molar-refractivity contribution in [3.63, 3.8) is 0 Å². The average molecular weight is 287 g/mol. The quantitative estimate of drug-likeness (QED) is 0.544. The Balaban J connectivity index is 2.37. The number of amides is 2. The van der Waals surface area contributed by atoms with Gasteiger partial charge in [-0.2, -0.15) is 0 Å². The lowest BCUT2D eigenvalue weighted by Crippen LogP contribution is -2.50. The van der Waals surface area contributed by atoms with Gasteiger partial charge in [0.1, 0.15) is 6.04 Å². The molecule has 0 bridgehead atoms. The van der Waals surface area contributed by atoms with Gasteiger partial charge in [0.2, 0.25) is 0 Å². The minimum absolute atomic E-state index is 0.00478. The SMILES string of the molecule is CN1CCC(C)(CNC(=O)NC(CCO)C(=O)O)CC1. The number of carbonyl (C=O) groups excluding carboxylic acids is 1. The molecule has 1 fully saturated rings. The lowest BCUT2D eigenvalue weighted by Gasteiger charge is -2.38. The zero-order valence-electron chi connectivity index (χ0n) is 12.2. The second-order valence-electron chi connectivity index (χ2n) is 5.84. The molecule has 0 radical (unpaired) electrons. The fourth-order valence-corrected chi connectivity index (χ4v) is 2.22. The van der Waals surface area contributed by atoms with Crippen molar-refractivity contribution in [1.82, 2.24) is 15.5 Å². The molecule has 0 spiro atoms. The summed E-state index contributed by atoms with van der Waals surface area (Å²) in [5.41, 5.74) is 0.0551. The summed E-state index contributed by atoms with van der Waals surface area (Å²) in [6.45, 7) is 4.38. The van der Waals surface area contributed by atoms with Gasteiger partial charge in [-0.05, 0) is 38.4 Å². The Kier molecular flexibility index (Phi) is 6.22. The van der Waals surface area contributed by atoms with Crippen LogP contribution >= 0.6 is 0 Å². The van der Waals surface area contributed by atoms with E-state index < -0.39 is 18.0 Å². The Morgan fingerprint density at radius 3 is 2.45 bits per heavy atom. The van der Waals surface area contributed by atoms with E-state index in [4.69, 9.17) is 10.2 Å². The first-order valence-corrected chi connectivity index (χ1v) is 6.93. The van der Waals surface area contributed by atoms with Crippen LogP contribution in [0.3, 0.4) is 0 Å². The van der Waals surface area contributed by atoms with E-state index in [0.717, 1.165) is 25.9 Å². The number of nitrogens with zero attached hydrogens (tertiary/aromatic N) is 1. The Labute approximate surface area is 119 Å². The molecule has 116 valence electrons. The van der Waals surface area contributed by atoms with Crippen molar-refractivity contribution in [1.29, 1.82) is 0 Å². The highest BCUT2D eigenvalue weighted by Gasteiger charge is 2.29. The van der Waals surface area contributed by atoms with E-state index in [1.807, 2.05) is 0 Å². The van der Waals surface area contributed by atoms with Crippen LogP contribution in [0.15, 0.2) is 0 Å². The van der Waals surface area contributed by atoms with E-state index in [1.165, 1.54) is 0 Å². The molecule has 0 aliphatic carbocycles. The van der Waals surface area contributed by atoms with E-state index in [2.05, 4.69) is 29.5 Å². The number of nitrogens with one attached hydrogen (secondary N) is 2. The third kappa shape index (κ3) is 5.34. The van der Waals surface area contributed by atoms with Crippen LogP contribution < -0.4 is 10.6 Å². The Morgan fingerprint density at radius 2 is 1.95 bits per heavy atom. The molecule has 2 amide bonds. The first kappa shape index (κ1) is 16.7. The van der Waals surface area contributed by atoms with Gasteiger partial charge < -0.3 is 25.7 Å². The van der Waals surface area contributed by atoms with E-state index in [-0.39, 0.29) is 18.4 Å². The molecular formula is C13H25N3O4. The van der Waals surface area contributed by atoms with Gasteiger partial charge in [-0.15, -0.1) is 0 Å². The van der Waals surface area contributed by atoms with E-state index in [1.54, 1.807) is 0 Å². The summed E-state index contributed by atoms with van der Waals surface area (Å²) in [4.78, 5) is 24.8. The minimum Gasteiger partial charge on any atom is -0.480 e. The molecule has 1 atom stereocenters. The van der Waals surface area contributed by atoms with Crippen molar-refractivity contribution in [3.8, 4) is 0 Å². The lowest BCUT2D eigenvalue weighted by molar-refractivity contribution is -0.139. The van der Waals surface area contributed by atoms with Crippen LogP contribution in [0.4, 0.5) is 4.79 Å². The third-order valence-electron chi connectivity index (χ3n) is 3.89. The second kappa shape index (κ2) is 7.44. The Hall–Kier alpha value is -1.34. The number of rotatable bonds is 6. The maximum Gasteiger partial charge on any atom is 0.326 e. The maximum absolute atomic E-state index is 11.7. The number of carboxylic acid groups (broad SMARTS) is 1. The molecule has 1 unspecified atom stereocenters. The van der Waals surface area contributed by atoms with Crippen LogP contribution in [0.25, 0.3) is 0 Å². The van der Waals surface area contributed by atoms with E-state index in [0.29, 0.717) is 6.54 Å². The van der Waals surface area contributed by atoms with Gasteiger partial charge in [0.25, 0.3) is 0 Å². The molecule has 0 aromatic carbocycles. The summed E-state index contributed by atoms with van der Waals surface area (Å²) in [5, 5.41) is 22.8. The van der Waals surface area contributed by atoms with Gasteiger partial charge in [-0.25, -0.2) is 9.59 Å². The molecular weight excluding hydrogens is 262 g/mol. The highest BCUT2D eigenvalue weighted by atomic mass is 16.4. The molecule has 1 aliphatic rings. The largest absolute Gasteiger partial charge is 0.480 e. The van der Waals surface area contributed by atoms with Crippen molar-refractivity contribution < 1.29 is 19.8 Å². The number of urea groups is 1. The second-order valence-corrected chi connectivity index (χ2v) is 5.84.